The van der Waals surface area contributed by atoms with Crippen LogP contribution in [0.1, 0.15) is 26.3 Å². The first-order valence-electron chi connectivity index (χ1n) is 8.73. The average Bonchev–Trinajstić information content (AvgIpc) is 3.08. The molecule has 3 atom stereocenters. The number of ether oxygens (including phenoxy) is 1. The molecule has 140 valence electrons. The minimum Gasteiger partial charge on any atom is -0.487 e. The molecule has 9 heteroatoms. The molecule has 1 fully saturated rings. The smallest absolute Gasteiger partial charge is 0.350 e. The van der Waals surface area contributed by atoms with E-state index < -0.39 is 17.1 Å². The van der Waals surface area contributed by atoms with Crippen molar-refractivity contribution in [1.29, 1.82) is 0 Å². The predicted molar refractivity (Wildman–Crippen MR) is 96.8 cm³/mol. The van der Waals surface area contributed by atoms with E-state index in [1.807, 2.05) is 11.8 Å². The Hall–Kier alpha value is -2.55. The number of nitrogens with zero attached hydrogens (tertiary/aromatic N) is 3. The van der Waals surface area contributed by atoms with Crippen LogP contribution in [0.3, 0.4) is 0 Å². The molecule has 2 aliphatic rings. The topological polar surface area (TPSA) is 109 Å². The highest BCUT2D eigenvalue weighted by atomic mass is 19.1. The van der Waals surface area contributed by atoms with E-state index in [4.69, 9.17) is 16.3 Å². The number of aromatic nitrogens is 2. The van der Waals surface area contributed by atoms with Gasteiger partial charge >= 0.3 is 5.69 Å². The van der Waals surface area contributed by atoms with Crippen molar-refractivity contribution in [1.82, 2.24) is 9.24 Å². The molecule has 0 bridgehead atoms. The minimum atomic E-state index is -0.736. The van der Waals surface area contributed by atoms with Gasteiger partial charge in [-0.25, -0.2) is 9.18 Å². The van der Waals surface area contributed by atoms with Gasteiger partial charge in [-0.2, -0.15) is 4.68 Å². The maximum absolute atomic E-state index is 15.0. The van der Waals surface area contributed by atoms with Gasteiger partial charge in [-0.15, -0.1) is 0 Å². The van der Waals surface area contributed by atoms with Crippen molar-refractivity contribution in [2.45, 2.75) is 32.4 Å². The van der Waals surface area contributed by atoms with Crippen LogP contribution in [0.5, 0.6) is 5.75 Å². The fourth-order valence-electron chi connectivity index (χ4n) is 3.98. The third-order valence-corrected chi connectivity index (χ3v) is 5.48. The van der Waals surface area contributed by atoms with Gasteiger partial charge in [-0.3, -0.25) is 9.36 Å². The van der Waals surface area contributed by atoms with Crippen LogP contribution in [0.25, 0.3) is 10.9 Å². The quantitative estimate of drug-likeness (QED) is 0.735. The van der Waals surface area contributed by atoms with E-state index in [1.165, 1.54) is 4.57 Å². The van der Waals surface area contributed by atoms with E-state index in [0.717, 1.165) is 12.5 Å². The molecule has 0 saturated carbocycles. The van der Waals surface area contributed by atoms with Crippen LogP contribution in [0, 0.1) is 11.7 Å². The third-order valence-electron chi connectivity index (χ3n) is 5.48. The molecule has 0 radical (unpaired) electrons. The zero-order valence-corrected chi connectivity index (χ0v) is 14.7. The summed E-state index contributed by atoms with van der Waals surface area (Å²) >= 11 is 0. The van der Waals surface area contributed by atoms with Gasteiger partial charge in [0.25, 0.3) is 5.56 Å². The van der Waals surface area contributed by atoms with Crippen LogP contribution < -0.4 is 32.5 Å². The van der Waals surface area contributed by atoms with E-state index in [9.17, 15) is 14.0 Å². The molecule has 4 N–H and O–H groups in total. The van der Waals surface area contributed by atoms with Crippen LogP contribution in [0.15, 0.2) is 15.7 Å². The van der Waals surface area contributed by atoms with Crippen LogP contribution in [-0.4, -0.2) is 35.0 Å². The molecule has 2 aliphatic heterocycles. The van der Waals surface area contributed by atoms with Crippen molar-refractivity contribution in [3.05, 3.63) is 32.7 Å². The molecule has 0 spiro atoms. The van der Waals surface area contributed by atoms with Crippen LogP contribution in [0.4, 0.5) is 10.1 Å². The van der Waals surface area contributed by atoms with Crippen molar-refractivity contribution in [2.24, 2.45) is 11.7 Å². The third kappa shape index (κ3) is 2.23. The Morgan fingerprint density at radius 1 is 1.38 bits per heavy atom. The number of nitrogens with two attached hydrogens (primary N) is 2. The highest BCUT2D eigenvalue weighted by Gasteiger charge is 2.34. The summed E-state index contributed by atoms with van der Waals surface area (Å²) in [6.45, 7) is 5.16. The van der Waals surface area contributed by atoms with Gasteiger partial charge < -0.3 is 21.2 Å². The summed E-state index contributed by atoms with van der Waals surface area (Å²) in [4.78, 5) is 26.8. The van der Waals surface area contributed by atoms with Crippen molar-refractivity contribution in [2.75, 3.05) is 30.4 Å². The molecule has 1 aromatic carbocycles. The van der Waals surface area contributed by atoms with Crippen molar-refractivity contribution in [3.63, 3.8) is 0 Å². The first kappa shape index (κ1) is 16.9. The Morgan fingerprint density at radius 2 is 2.12 bits per heavy atom. The van der Waals surface area contributed by atoms with Gasteiger partial charge in [0, 0.05) is 19.1 Å². The van der Waals surface area contributed by atoms with E-state index in [-0.39, 0.29) is 41.4 Å². The Morgan fingerprint density at radius 3 is 2.77 bits per heavy atom. The van der Waals surface area contributed by atoms with Crippen molar-refractivity contribution < 1.29 is 9.13 Å². The van der Waals surface area contributed by atoms with Gasteiger partial charge in [0.2, 0.25) is 0 Å². The number of halogens is 1. The summed E-state index contributed by atoms with van der Waals surface area (Å²) in [7, 11) is 0. The lowest BCUT2D eigenvalue weighted by atomic mass is 10.0. The molecule has 0 amide bonds. The summed E-state index contributed by atoms with van der Waals surface area (Å²) in [6.07, 6.45) is 0.849. The SMILES string of the molecule is CC1COc2c(N3CC[C@@H]([C@H](C)N)C3)c(F)cc3c(=O)n(N)c(=O)n1c23. The average molecular weight is 363 g/mol. The number of nitrogen functional groups attached to an aromatic ring is 1. The zero-order valence-electron chi connectivity index (χ0n) is 14.7. The standard InChI is InChI=1S/C17H22FN5O3/c1-8-7-26-15-13-11(16(24)23(20)17(25)22(8)13)5-12(18)14(15)21-4-3-10(6-21)9(2)19/h5,8-10H,3-4,6-7,19-20H2,1-2H3/t8?,9-,10+/m0/s1. The number of anilines is 1. The second kappa shape index (κ2) is 5.73. The monoisotopic (exact) mass is 363 g/mol. The van der Waals surface area contributed by atoms with Crippen LogP contribution in [0.2, 0.25) is 0 Å². The fraction of sp³-hybridized carbons (Fsp3) is 0.529. The van der Waals surface area contributed by atoms with E-state index in [2.05, 4.69) is 0 Å². The first-order chi connectivity index (χ1) is 12.3. The van der Waals surface area contributed by atoms with Gasteiger partial charge in [0.15, 0.2) is 11.6 Å². The lowest BCUT2D eigenvalue weighted by Gasteiger charge is -2.30. The molecule has 4 rings (SSSR count). The van der Waals surface area contributed by atoms with Gasteiger partial charge in [-0.05, 0) is 32.3 Å². The maximum Gasteiger partial charge on any atom is 0.350 e. The number of rotatable bonds is 2. The van der Waals surface area contributed by atoms with Gasteiger partial charge in [0.05, 0.1) is 11.4 Å². The number of hydrogen-bond donors (Lipinski definition) is 2. The van der Waals surface area contributed by atoms with Gasteiger partial charge in [-0.1, -0.05) is 0 Å². The summed E-state index contributed by atoms with van der Waals surface area (Å²) in [5, 5.41) is 0.0397. The molecule has 3 heterocycles. The van der Waals surface area contributed by atoms with Crippen molar-refractivity contribution in [3.8, 4) is 5.75 Å². The first-order valence-corrected chi connectivity index (χ1v) is 8.73. The van der Waals surface area contributed by atoms with E-state index in [1.54, 1.807) is 6.92 Å². The summed E-state index contributed by atoms with van der Waals surface area (Å²) in [5.41, 5.74) is 5.22. The molecule has 1 saturated heterocycles. The second-order valence-electron chi connectivity index (χ2n) is 7.27. The van der Waals surface area contributed by atoms with Crippen LogP contribution in [-0.2, 0) is 0 Å². The summed E-state index contributed by atoms with van der Waals surface area (Å²) in [6, 6.07) is 0.834. The predicted octanol–water partition coefficient (Wildman–Crippen LogP) is 0.143. The summed E-state index contributed by atoms with van der Waals surface area (Å²) in [5.74, 6) is 5.53. The molecular formula is C17H22FN5O3. The Labute approximate surface area is 148 Å². The van der Waals surface area contributed by atoms with Crippen LogP contribution >= 0.6 is 0 Å². The summed E-state index contributed by atoms with van der Waals surface area (Å²) < 4.78 is 22.7. The molecular weight excluding hydrogens is 341 g/mol. The lowest BCUT2D eigenvalue weighted by Crippen LogP contribution is -2.47. The van der Waals surface area contributed by atoms with E-state index in [0.29, 0.717) is 23.3 Å². The molecule has 8 nitrogen and oxygen atoms in total. The Bertz CT molecular complexity index is 1010. The highest BCUT2D eigenvalue weighted by Crippen LogP contribution is 2.42. The normalized spacial score (nSPS) is 23.3. The largest absolute Gasteiger partial charge is 0.487 e. The zero-order chi connectivity index (χ0) is 18.7. The Balaban J connectivity index is 2.01. The lowest BCUT2D eigenvalue weighted by molar-refractivity contribution is 0.241. The fourth-order valence-corrected chi connectivity index (χ4v) is 3.98. The molecule has 2 aromatic rings. The molecule has 1 aromatic heterocycles. The minimum absolute atomic E-state index is 0.00318. The molecule has 1 unspecified atom stereocenters. The van der Waals surface area contributed by atoms with Gasteiger partial charge in [0.1, 0.15) is 17.8 Å². The second-order valence-corrected chi connectivity index (χ2v) is 7.27. The highest BCUT2D eigenvalue weighted by molar-refractivity contribution is 5.91. The molecule has 0 aliphatic carbocycles. The molecule has 26 heavy (non-hydrogen) atoms. The number of hydrogen-bond acceptors (Lipinski definition) is 6. The Kier molecular flexibility index (Phi) is 3.72. The van der Waals surface area contributed by atoms with Crippen molar-refractivity contribution >= 4 is 16.6 Å². The van der Waals surface area contributed by atoms with E-state index >= 15 is 0 Å². The number of benzene rings is 1. The maximum atomic E-state index is 15.0.